The molecular weight excluding hydrogens is 391 g/mol. The van der Waals surface area contributed by atoms with Crippen LogP contribution in [0.4, 0.5) is 15.8 Å². The molecule has 0 unspecified atom stereocenters. The topological polar surface area (TPSA) is 58.6 Å². The zero-order valence-corrected chi connectivity index (χ0v) is 14.9. The second-order valence-electron chi connectivity index (χ2n) is 5.61. The minimum atomic E-state index is -0.389. The number of nitrogens with zero attached hydrogens (tertiary/aromatic N) is 1. The fourth-order valence-corrected chi connectivity index (χ4v) is 3.04. The van der Waals surface area contributed by atoms with E-state index in [0.29, 0.717) is 22.3 Å². The van der Waals surface area contributed by atoms with E-state index in [2.05, 4.69) is 21.2 Å². The molecule has 0 bridgehead atoms. The summed E-state index contributed by atoms with van der Waals surface area (Å²) in [5.41, 5.74) is 1.44. The van der Waals surface area contributed by atoms with Gasteiger partial charge in [-0.25, -0.2) is 4.39 Å². The molecule has 0 aliphatic carbocycles. The van der Waals surface area contributed by atoms with E-state index in [1.165, 1.54) is 18.2 Å². The molecule has 1 N–H and O–H groups in total. The number of hydrogen-bond acceptors (Lipinski definition) is 3. The van der Waals surface area contributed by atoms with E-state index in [4.69, 9.17) is 4.74 Å². The maximum absolute atomic E-state index is 13.0. The van der Waals surface area contributed by atoms with Crippen molar-refractivity contribution in [3.8, 4) is 5.75 Å². The van der Waals surface area contributed by atoms with Gasteiger partial charge in [0.1, 0.15) is 11.6 Å². The molecule has 2 aromatic carbocycles. The molecule has 0 saturated carbocycles. The molecule has 1 fully saturated rings. The fraction of sp³-hybridized carbons (Fsp3) is 0.222. The Hall–Kier alpha value is -2.41. The van der Waals surface area contributed by atoms with E-state index in [1.54, 1.807) is 29.2 Å². The number of nitrogens with one attached hydrogen (secondary N) is 1. The van der Waals surface area contributed by atoms with E-state index in [1.807, 2.05) is 0 Å². The van der Waals surface area contributed by atoms with E-state index in [-0.39, 0.29) is 24.2 Å². The number of halogens is 2. The van der Waals surface area contributed by atoms with E-state index < -0.39 is 0 Å². The Bertz CT molecular complexity index is 795. The van der Waals surface area contributed by atoms with Crippen molar-refractivity contribution in [3.05, 3.63) is 52.8 Å². The number of ether oxygens (including phenoxy) is 1. The van der Waals surface area contributed by atoms with Crippen LogP contribution in [0.5, 0.6) is 5.75 Å². The predicted molar refractivity (Wildman–Crippen MR) is 96.3 cm³/mol. The van der Waals surface area contributed by atoms with Crippen molar-refractivity contribution in [2.75, 3.05) is 23.4 Å². The van der Waals surface area contributed by atoms with Gasteiger partial charge in [-0.3, -0.25) is 9.59 Å². The molecule has 2 aromatic rings. The molecule has 1 saturated heterocycles. The highest BCUT2D eigenvalue weighted by molar-refractivity contribution is 9.10. The summed E-state index contributed by atoms with van der Waals surface area (Å²) in [6, 6.07) is 11.1. The summed E-state index contributed by atoms with van der Waals surface area (Å²) in [5.74, 6) is -0.212. The molecule has 130 valence electrons. The Labute approximate surface area is 152 Å². The van der Waals surface area contributed by atoms with Crippen LogP contribution in [0.25, 0.3) is 0 Å². The quantitative estimate of drug-likeness (QED) is 0.822. The first kappa shape index (κ1) is 17.4. The first-order chi connectivity index (χ1) is 12.0. The second kappa shape index (κ2) is 7.65. The van der Waals surface area contributed by atoms with E-state index in [0.717, 1.165) is 18.7 Å². The molecule has 1 aliphatic rings. The van der Waals surface area contributed by atoms with Crippen LogP contribution < -0.4 is 15.0 Å². The van der Waals surface area contributed by atoms with Crippen molar-refractivity contribution in [1.29, 1.82) is 0 Å². The Morgan fingerprint density at radius 2 is 2.00 bits per heavy atom. The molecule has 3 rings (SSSR count). The molecule has 0 atom stereocenters. The number of amides is 2. The summed E-state index contributed by atoms with van der Waals surface area (Å²) in [7, 11) is 0. The van der Waals surface area contributed by atoms with Gasteiger partial charge in [0.05, 0.1) is 4.47 Å². The van der Waals surface area contributed by atoms with Gasteiger partial charge in [0.25, 0.3) is 5.91 Å². The number of benzene rings is 2. The first-order valence-electron chi connectivity index (χ1n) is 7.81. The summed E-state index contributed by atoms with van der Waals surface area (Å²) >= 11 is 3.18. The molecule has 0 radical (unpaired) electrons. The highest BCUT2D eigenvalue weighted by Crippen LogP contribution is 2.26. The third-order valence-electron chi connectivity index (χ3n) is 3.79. The van der Waals surface area contributed by atoms with Gasteiger partial charge in [-0.2, -0.15) is 0 Å². The number of rotatable bonds is 5. The van der Waals surface area contributed by atoms with Crippen molar-refractivity contribution in [2.24, 2.45) is 0 Å². The summed E-state index contributed by atoms with van der Waals surface area (Å²) in [6.07, 6.45) is 1.45. The summed E-state index contributed by atoms with van der Waals surface area (Å²) in [4.78, 5) is 25.4. The van der Waals surface area contributed by atoms with Crippen molar-refractivity contribution in [1.82, 2.24) is 0 Å². The second-order valence-corrected chi connectivity index (χ2v) is 6.46. The van der Waals surface area contributed by atoms with Gasteiger partial charge in [0, 0.05) is 24.3 Å². The molecule has 1 heterocycles. The van der Waals surface area contributed by atoms with Crippen molar-refractivity contribution in [2.45, 2.75) is 12.8 Å². The lowest BCUT2D eigenvalue weighted by Gasteiger charge is -2.16. The fourth-order valence-electron chi connectivity index (χ4n) is 2.58. The van der Waals surface area contributed by atoms with Crippen LogP contribution >= 0.6 is 15.9 Å². The lowest BCUT2D eigenvalue weighted by molar-refractivity contribution is -0.118. The Morgan fingerprint density at radius 3 is 2.64 bits per heavy atom. The van der Waals surface area contributed by atoms with E-state index >= 15 is 0 Å². The van der Waals surface area contributed by atoms with E-state index in [9.17, 15) is 14.0 Å². The Balaban J connectivity index is 1.55. The first-order valence-corrected chi connectivity index (χ1v) is 8.60. The molecule has 0 aromatic heterocycles. The van der Waals surface area contributed by atoms with Gasteiger partial charge in [0.2, 0.25) is 5.91 Å². The standard InChI is InChI=1S/C18H16BrFN2O3/c19-15-10-12(20)3-8-16(15)25-11-17(23)21-13-4-6-14(7-5-13)22-9-1-2-18(22)24/h3-8,10H,1-2,9,11H2,(H,21,23). The van der Waals surface area contributed by atoms with Crippen molar-refractivity contribution < 1.29 is 18.7 Å². The maximum Gasteiger partial charge on any atom is 0.262 e. The highest BCUT2D eigenvalue weighted by Gasteiger charge is 2.21. The number of hydrogen-bond donors (Lipinski definition) is 1. The summed E-state index contributed by atoms with van der Waals surface area (Å²) in [6.45, 7) is 0.529. The van der Waals surface area contributed by atoms with Crippen LogP contribution in [-0.2, 0) is 9.59 Å². The number of carbonyl (C=O) groups is 2. The summed E-state index contributed by atoms with van der Waals surface area (Å²) in [5, 5.41) is 2.72. The molecule has 7 heteroatoms. The van der Waals surface area contributed by atoms with Crippen LogP contribution in [0.15, 0.2) is 46.9 Å². The normalized spacial score (nSPS) is 13.8. The number of carbonyl (C=O) groups excluding carboxylic acids is 2. The number of anilines is 2. The zero-order chi connectivity index (χ0) is 17.8. The lowest BCUT2D eigenvalue weighted by atomic mass is 10.2. The summed E-state index contributed by atoms with van der Waals surface area (Å²) < 4.78 is 18.8. The lowest BCUT2D eigenvalue weighted by Crippen LogP contribution is -2.23. The van der Waals surface area contributed by atoms with Gasteiger partial charge < -0.3 is 15.0 Å². The molecule has 2 amide bonds. The van der Waals surface area contributed by atoms with Gasteiger partial charge in [-0.1, -0.05) is 0 Å². The van der Waals surface area contributed by atoms with Gasteiger partial charge in [-0.05, 0) is 64.8 Å². The SMILES string of the molecule is O=C(COc1ccc(F)cc1Br)Nc1ccc(N2CCCC2=O)cc1. The highest BCUT2D eigenvalue weighted by atomic mass is 79.9. The molecular formula is C18H16BrFN2O3. The molecule has 25 heavy (non-hydrogen) atoms. The van der Waals surface area contributed by atoms with Crippen LogP contribution in [0.2, 0.25) is 0 Å². The third kappa shape index (κ3) is 4.36. The minimum Gasteiger partial charge on any atom is -0.483 e. The smallest absolute Gasteiger partial charge is 0.262 e. The average Bonchev–Trinajstić information content (AvgIpc) is 3.01. The third-order valence-corrected chi connectivity index (χ3v) is 4.41. The maximum atomic E-state index is 13.0. The van der Waals surface area contributed by atoms with Gasteiger partial charge in [0.15, 0.2) is 6.61 Å². The van der Waals surface area contributed by atoms with Crippen LogP contribution in [-0.4, -0.2) is 25.0 Å². The van der Waals surface area contributed by atoms with Crippen molar-refractivity contribution >= 4 is 39.1 Å². The largest absolute Gasteiger partial charge is 0.483 e. The van der Waals surface area contributed by atoms with Crippen LogP contribution in [0.3, 0.4) is 0 Å². The Kier molecular flexibility index (Phi) is 5.33. The van der Waals surface area contributed by atoms with Crippen LogP contribution in [0.1, 0.15) is 12.8 Å². The molecule has 5 nitrogen and oxygen atoms in total. The monoisotopic (exact) mass is 406 g/mol. The molecule has 1 aliphatic heterocycles. The predicted octanol–water partition coefficient (Wildman–Crippen LogP) is 3.73. The van der Waals surface area contributed by atoms with Crippen molar-refractivity contribution in [3.63, 3.8) is 0 Å². The minimum absolute atomic E-state index is 0.120. The van der Waals surface area contributed by atoms with Gasteiger partial charge in [-0.15, -0.1) is 0 Å². The molecule has 0 spiro atoms. The average molecular weight is 407 g/mol. The van der Waals surface area contributed by atoms with Gasteiger partial charge >= 0.3 is 0 Å². The van der Waals surface area contributed by atoms with Crippen LogP contribution in [0, 0.1) is 5.82 Å². The Morgan fingerprint density at radius 1 is 1.24 bits per heavy atom. The zero-order valence-electron chi connectivity index (χ0n) is 13.3.